The van der Waals surface area contributed by atoms with Gasteiger partial charge in [-0.1, -0.05) is 12.1 Å². The van der Waals surface area contributed by atoms with Crippen LogP contribution in [-0.2, 0) is 11.0 Å². The Bertz CT molecular complexity index is 453. The zero-order valence-electron chi connectivity index (χ0n) is 9.13. The van der Waals surface area contributed by atoms with Crippen molar-refractivity contribution in [3.8, 4) is 0 Å². The molecule has 100 valence electrons. The Balaban J connectivity index is 3.54. The zero-order valence-corrected chi connectivity index (χ0v) is 9.13. The molecule has 1 atom stereocenters. The fourth-order valence-corrected chi connectivity index (χ4v) is 1.63. The van der Waals surface area contributed by atoms with E-state index in [1.165, 1.54) is 0 Å². The Kier molecular flexibility index (Phi) is 3.93. The maximum absolute atomic E-state index is 12.7. The van der Waals surface area contributed by atoms with Crippen LogP contribution in [0.15, 0.2) is 18.2 Å². The van der Waals surface area contributed by atoms with Gasteiger partial charge in [-0.3, -0.25) is 4.79 Å². The summed E-state index contributed by atoms with van der Waals surface area (Å²) in [7, 11) is 0. The quantitative estimate of drug-likeness (QED) is 0.846. The molecule has 7 heteroatoms. The van der Waals surface area contributed by atoms with E-state index >= 15 is 0 Å². The van der Waals surface area contributed by atoms with Crippen LogP contribution in [0.5, 0.6) is 0 Å². The molecule has 0 aliphatic rings. The van der Waals surface area contributed by atoms with Crippen molar-refractivity contribution in [2.45, 2.75) is 25.4 Å². The lowest BCUT2D eigenvalue weighted by Crippen LogP contribution is -2.18. The van der Waals surface area contributed by atoms with Crippen molar-refractivity contribution in [3.63, 3.8) is 0 Å². The van der Waals surface area contributed by atoms with Crippen molar-refractivity contribution < 1.29 is 31.9 Å². The van der Waals surface area contributed by atoms with E-state index in [1.54, 1.807) is 0 Å². The standard InChI is InChI=1S/C11H9F5O2/c1-5(10(17)18)8-6(9(12)13)3-2-4-7(8)11(14,15)16/h2-5,9H,1H3,(H,17,18). The van der Waals surface area contributed by atoms with Crippen molar-refractivity contribution in [2.75, 3.05) is 0 Å². The third-order valence-corrected chi connectivity index (χ3v) is 2.48. The maximum atomic E-state index is 12.7. The summed E-state index contributed by atoms with van der Waals surface area (Å²) in [4.78, 5) is 10.7. The lowest BCUT2D eigenvalue weighted by atomic mass is 9.90. The second-order valence-electron chi connectivity index (χ2n) is 3.67. The Morgan fingerprint density at radius 3 is 2.22 bits per heavy atom. The Hall–Kier alpha value is -1.66. The summed E-state index contributed by atoms with van der Waals surface area (Å²) in [6.07, 6.45) is -8.03. The first-order chi connectivity index (χ1) is 8.16. The van der Waals surface area contributed by atoms with E-state index in [4.69, 9.17) is 5.11 Å². The summed E-state index contributed by atoms with van der Waals surface area (Å²) >= 11 is 0. The number of hydrogen-bond donors (Lipinski definition) is 1. The van der Waals surface area contributed by atoms with Gasteiger partial charge in [-0.15, -0.1) is 0 Å². The molecule has 0 radical (unpaired) electrons. The highest BCUT2D eigenvalue weighted by Gasteiger charge is 2.38. The first-order valence-corrected chi connectivity index (χ1v) is 4.87. The van der Waals surface area contributed by atoms with E-state index in [9.17, 15) is 26.7 Å². The minimum absolute atomic E-state index is 0.598. The maximum Gasteiger partial charge on any atom is 0.416 e. The molecular weight excluding hydrogens is 259 g/mol. The average Bonchev–Trinajstić information content (AvgIpc) is 2.25. The molecular formula is C11H9F5O2. The monoisotopic (exact) mass is 268 g/mol. The normalized spacial score (nSPS) is 13.7. The van der Waals surface area contributed by atoms with E-state index in [0.717, 1.165) is 19.1 Å². The molecule has 1 aromatic rings. The van der Waals surface area contributed by atoms with Gasteiger partial charge in [-0.25, -0.2) is 8.78 Å². The largest absolute Gasteiger partial charge is 0.481 e. The Morgan fingerprint density at radius 2 is 1.83 bits per heavy atom. The number of carbonyl (C=O) groups is 1. The Labute approximate surface area is 99.0 Å². The topological polar surface area (TPSA) is 37.3 Å². The predicted octanol–water partition coefficient (Wildman–Crippen LogP) is 3.83. The minimum Gasteiger partial charge on any atom is -0.481 e. The average molecular weight is 268 g/mol. The number of alkyl halides is 5. The van der Waals surface area contributed by atoms with Crippen LogP contribution in [0, 0.1) is 0 Å². The van der Waals surface area contributed by atoms with Crippen LogP contribution in [0.2, 0.25) is 0 Å². The molecule has 0 bridgehead atoms. The van der Waals surface area contributed by atoms with Gasteiger partial charge in [0.05, 0.1) is 11.5 Å². The van der Waals surface area contributed by atoms with E-state index in [2.05, 4.69) is 0 Å². The van der Waals surface area contributed by atoms with Gasteiger partial charge in [0.1, 0.15) is 0 Å². The van der Waals surface area contributed by atoms with Crippen LogP contribution < -0.4 is 0 Å². The summed E-state index contributed by atoms with van der Waals surface area (Å²) in [6, 6.07) is 2.23. The molecule has 0 heterocycles. The van der Waals surface area contributed by atoms with Crippen molar-refractivity contribution in [1.29, 1.82) is 0 Å². The number of carboxylic acid groups (broad SMARTS) is 1. The summed E-state index contributed by atoms with van der Waals surface area (Å²) in [6.45, 7) is 0.943. The molecule has 0 fully saturated rings. The van der Waals surface area contributed by atoms with Gasteiger partial charge in [0.25, 0.3) is 6.43 Å². The zero-order chi connectivity index (χ0) is 14.1. The predicted molar refractivity (Wildman–Crippen MR) is 52.5 cm³/mol. The summed E-state index contributed by atoms with van der Waals surface area (Å²) in [5.74, 6) is -3.25. The molecule has 1 N–H and O–H groups in total. The second-order valence-corrected chi connectivity index (χ2v) is 3.67. The van der Waals surface area contributed by atoms with Crippen molar-refractivity contribution in [3.05, 3.63) is 34.9 Å². The molecule has 18 heavy (non-hydrogen) atoms. The lowest BCUT2D eigenvalue weighted by molar-refractivity contribution is -0.141. The van der Waals surface area contributed by atoms with Crippen LogP contribution >= 0.6 is 0 Å². The minimum atomic E-state index is -4.87. The van der Waals surface area contributed by atoms with Crippen LogP contribution in [0.1, 0.15) is 36.0 Å². The number of rotatable bonds is 3. The SMILES string of the molecule is CC(C(=O)O)c1c(C(F)F)cccc1C(F)(F)F. The first-order valence-electron chi connectivity index (χ1n) is 4.87. The molecule has 0 saturated carbocycles. The molecule has 0 spiro atoms. The molecule has 0 aromatic heterocycles. The van der Waals surface area contributed by atoms with Gasteiger partial charge in [0.15, 0.2) is 0 Å². The van der Waals surface area contributed by atoms with Gasteiger partial charge in [0.2, 0.25) is 0 Å². The second kappa shape index (κ2) is 4.91. The third kappa shape index (κ3) is 2.77. The highest BCUT2D eigenvalue weighted by molar-refractivity contribution is 5.77. The molecule has 0 aliphatic heterocycles. The van der Waals surface area contributed by atoms with Crippen LogP contribution in [-0.4, -0.2) is 11.1 Å². The van der Waals surface area contributed by atoms with Gasteiger partial charge < -0.3 is 5.11 Å². The van der Waals surface area contributed by atoms with Gasteiger partial charge in [0, 0.05) is 5.56 Å². The van der Waals surface area contributed by atoms with E-state index in [-0.39, 0.29) is 0 Å². The summed E-state index contributed by atoms with van der Waals surface area (Å²) in [5.41, 5.74) is -3.12. The fourth-order valence-electron chi connectivity index (χ4n) is 1.63. The highest BCUT2D eigenvalue weighted by Crippen LogP contribution is 2.39. The van der Waals surface area contributed by atoms with Crippen LogP contribution in [0.3, 0.4) is 0 Å². The lowest BCUT2D eigenvalue weighted by Gasteiger charge is -2.19. The van der Waals surface area contributed by atoms with Gasteiger partial charge in [-0.05, 0) is 18.6 Å². The van der Waals surface area contributed by atoms with Crippen LogP contribution in [0.25, 0.3) is 0 Å². The molecule has 2 nitrogen and oxygen atoms in total. The molecule has 0 amide bonds. The van der Waals surface area contributed by atoms with E-state index in [0.29, 0.717) is 6.07 Å². The number of aliphatic carboxylic acids is 1. The molecule has 0 saturated heterocycles. The number of halogens is 5. The molecule has 1 aromatic carbocycles. The van der Waals surface area contributed by atoms with Crippen LogP contribution in [0.4, 0.5) is 22.0 Å². The first kappa shape index (κ1) is 14.4. The summed E-state index contributed by atoms with van der Waals surface area (Å²) in [5, 5.41) is 8.72. The fraction of sp³-hybridized carbons (Fsp3) is 0.364. The highest BCUT2D eigenvalue weighted by atomic mass is 19.4. The number of carboxylic acids is 1. The van der Waals surface area contributed by atoms with Gasteiger partial charge >= 0.3 is 12.1 Å². The smallest absolute Gasteiger partial charge is 0.416 e. The summed E-state index contributed by atoms with van der Waals surface area (Å²) < 4.78 is 63.4. The van der Waals surface area contributed by atoms with Gasteiger partial charge in [-0.2, -0.15) is 13.2 Å². The Morgan fingerprint density at radius 1 is 1.28 bits per heavy atom. The van der Waals surface area contributed by atoms with E-state index < -0.39 is 41.2 Å². The van der Waals surface area contributed by atoms with Crippen molar-refractivity contribution in [1.82, 2.24) is 0 Å². The molecule has 1 unspecified atom stereocenters. The van der Waals surface area contributed by atoms with Crippen molar-refractivity contribution in [2.24, 2.45) is 0 Å². The molecule has 0 aliphatic carbocycles. The third-order valence-electron chi connectivity index (χ3n) is 2.48. The van der Waals surface area contributed by atoms with Crippen molar-refractivity contribution >= 4 is 5.97 Å². The number of benzene rings is 1. The molecule has 1 rings (SSSR count). The number of hydrogen-bond acceptors (Lipinski definition) is 1. The van der Waals surface area contributed by atoms with E-state index in [1.807, 2.05) is 0 Å².